The lowest BCUT2D eigenvalue weighted by Gasteiger charge is -2.22. The van der Waals surface area contributed by atoms with Gasteiger partial charge < -0.3 is 13.3 Å². The summed E-state index contributed by atoms with van der Waals surface area (Å²) in [7, 11) is -1.17. The largest absolute Gasteiger partial charge is 0.564 e. The molecule has 0 spiro atoms. The molecule has 78 valence electrons. The van der Waals surface area contributed by atoms with Crippen LogP contribution in [0.4, 0.5) is 0 Å². The maximum atomic E-state index is 10.7. The van der Waals surface area contributed by atoms with Gasteiger partial charge in [-0.05, 0) is 6.42 Å². The van der Waals surface area contributed by atoms with Gasteiger partial charge in [0.2, 0.25) is 0 Å². The molecule has 0 aliphatic carbocycles. The molecule has 5 heteroatoms. The first kappa shape index (κ1) is 12.6. The van der Waals surface area contributed by atoms with E-state index in [4.69, 9.17) is 13.3 Å². The Balaban J connectivity index is 3.88. The van der Waals surface area contributed by atoms with Crippen LogP contribution in [0.5, 0.6) is 0 Å². The van der Waals surface area contributed by atoms with Crippen LogP contribution >= 0.6 is 0 Å². The maximum Gasteiger partial charge on any atom is 0.564 e. The Morgan fingerprint density at radius 3 is 2.46 bits per heavy atom. The van der Waals surface area contributed by atoms with Crippen molar-refractivity contribution < 1.29 is 18.1 Å². The summed E-state index contributed by atoms with van der Waals surface area (Å²) in [5.41, 5.74) is 0. The van der Waals surface area contributed by atoms with Crippen LogP contribution in [0, 0.1) is 0 Å². The summed E-state index contributed by atoms with van der Waals surface area (Å²) in [5, 5.41) is 0. The Morgan fingerprint density at radius 2 is 2.08 bits per heavy atom. The second kappa shape index (κ2) is 6.12. The van der Waals surface area contributed by atoms with E-state index in [2.05, 4.69) is 6.92 Å². The summed E-state index contributed by atoms with van der Waals surface area (Å²) in [5.74, 6) is -0.354. The molecular formula is C8H18O4Si. The maximum absolute atomic E-state index is 10.7. The summed E-state index contributed by atoms with van der Waals surface area (Å²) in [6, 6.07) is 0. The van der Waals surface area contributed by atoms with Crippen molar-refractivity contribution in [2.24, 2.45) is 0 Å². The molecule has 13 heavy (non-hydrogen) atoms. The summed E-state index contributed by atoms with van der Waals surface area (Å²) in [6.07, 6.45) is 2.00. The first-order chi connectivity index (χ1) is 6.04. The van der Waals surface area contributed by atoms with E-state index in [0.717, 1.165) is 12.8 Å². The molecule has 4 nitrogen and oxygen atoms in total. The zero-order chi connectivity index (χ0) is 10.3. The van der Waals surface area contributed by atoms with Gasteiger partial charge in [-0.3, -0.25) is 4.79 Å². The highest BCUT2D eigenvalue weighted by atomic mass is 28.4. The van der Waals surface area contributed by atoms with Crippen LogP contribution in [0.15, 0.2) is 0 Å². The van der Waals surface area contributed by atoms with Gasteiger partial charge in [-0.2, -0.15) is 0 Å². The van der Waals surface area contributed by atoms with Crippen molar-refractivity contribution in [3.63, 3.8) is 0 Å². The van der Waals surface area contributed by atoms with Crippen molar-refractivity contribution in [3.05, 3.63) is 0 Å². The second-order valence-corrected chi connectivity index (χ2v) is 5.49. The number of hydrogen-bond acceptors (Lipinski definition) is 4. The fourth-order valence-corrected chi connectivity index (χ4v) is 2.09. The molecule has 1 atom stereocenters. The van der Waals surface area contributed by atoms with Gasteiger partial charge in [-0.1, -0.05) is 13.3 Å². The number of carbonyl (C=O) groups is 1. The van der Waals surface area contributed by atoms with E-state index in [-0.39, 0.29) is 5.97 Å². The second-order valence-electron chi connectivity index (χ2n) is 2.86. The third-order valence-electron chi connectivity index (χ3n) is 1.56. The van der Waals surface area contributed by atoms with Crippen LogP contribution < -0.4 is 0 Å². The van der Waals surface area contributed by atoms with Crippen LogP contribution in [-0.4, -0.2) is 28.5 Å². The predicted octanol–water partition coefficient (Wildman–Crippen LogP) is 1.58. The Hall–Kier alpha value is -0.393. The summed E-state index contributed by atoms with van der Waals surface area (Å²) in [4.78, 5) is 10.7. The van der Waals surface area contributed by atoms with Gasteiger partial charge in [0.05, 0.1) is 0 Å². The monoisotopic (exact) mass is 206 g/mol. The van der Waals surface area contributed by atoms with Crippen molar-refractivity contribution in [2.75, 3.05) is 13.7 Å². The van der Waals surface area contributed by atoms with Gasteiger partial charge in [-0.25, -0.2) is 0 Å². The lowest BCUT2D eigenvalue weighted by Crippen LogP contribution is -2.43. The van der Waals surface area contributed by atoms with E-state index in [0.29, 0.717) is 6.61 Å². The molecule has 0 bridgehead atoms. The SMILES string of the molecule is CCCCO[Si](C)(OC)OC(C)=O. The Morgan fingerprint density at radius 1 is 1.46 bits per heavy atom. The van der Waals surface area contributed by atoms with Crippen LogP contribution in [0.3, 0.4) is 0 Å². The van der Waals surface area contributed by atoms with Crippen molar-refractivity contribution in [1.82, 2.24) is 0 Å². The molecule has 0 aromatic carbocycles. The van der Waals surface area contributed by atoms with Gasteiger partial charge in [-0.15, -0.1) is 0 Å². The molecule has 0 amide bonds. The Labute approximate surface area is 80.5 Å². The number of rotatable bonds is 6. The molecule has 0 aliphatic heterocycles. The zero-order valence-corrected chi connectivity index (χ0v) is 9.75. The van der Waals surface area contributed by atoms with E-state index in [9.17, 15) is 4.79 Å². The van der Waals surface area contributed by atoms with Gasteiger partial charge >= 0.3 is 8.80 Å². The Kier molecular flexibility index (Phi) is 5.94. The molecule has 0 fully saturated rings. The highest BCUT2D eigenvalue weighted by Gasteiger charge is 2.36. The van der Waals surface area contributed by atoms with Gasteiger partial charge in [0, 0.05) is 27.2 Å². The molecule has 0 aliphatic rings. The van der Waals surface area contributed by atoms with Crippen molar-refractivity contribution in [1.29, 1.82) is 0 Å². The van der Waals surface area contributed by atoms with E-state index >= 15 is 0 Å². The smallest absolute Gasteiger partial charge is 0.474 e. The van der Waals surface area contributed by atoms with Crippen LogP contribution in [0.2, 0.25) is 6.55 Å². The lowest BCUT2D eigenvalue weighted by atomic mass is 10.4. The average molecular weight is 206 g/mol. The normalized spacial score (nSPS) is 15.1. The van der Waals surface area contributed by atoms with Gasteiger partial charge in [0.1, 0.15) is 0 Å². The molecule has 0 radical (unpaired) electrons. The molecule has 1 unspecified atom stereocenters. The summed E-state index contributed by atoms with van der Waals surface area (Å²) < 4.78 is 15.5. The lowest BCUT2D eigenvalue weighted by molar-refractivity contribution is -0.136. The first-order valence-corrected chi connectivity index (χ1v) is 6.65. The topological polar surface area (TPSA) is 44.8 Å². The standard InChI is InChI=1S/C8H18O4Si/c1-5-6-7-11-13(4,10-3)12-8(2)9/h5-7H2,1-4H3. The molecule has 0 heterocycles. The van der Waals surface area contributed by atoms with Crippen molar-refractivity contribution in [3.8, 4) is 0 Å². The van der Waals surface area contributed by atoms with Gasteiger partial charge in [0.15, 0.2) is 0 Å². The number of carbonyl (C=O) groups excluding carboxylic acids is 1. The Bertz CT molecular complexity index is 162. The van der Waals surface area contributed by atoms with Crippen LogP contribution in [0.25, 0.3) is 0 Å². The number of hydrogen-bond donors (Lipinski definition) is 0. The quantitative estimate of drug-likeness (QED) is 0.489. The fraction of sp³-hybridized carbons (Fsp3) is 0.875. The molecule has 0 N–H and O–H groups in total. The third-order valence-corrected chi connectivity index (χ3v) is 3.69. The van der Waals surface area contributed by atoms with E-state index in [1.54, 1.807) is 6.55 Å². The minimum atomic E-state index is -2.67. The minimum Gasteiger partial charge on any atom is -0.474 e. The molecule has 0 saturated heterocycles. The number of unbranched alkanes of at least 4 members (excludes halogenated alkanes) is 1. The van der Waals surface area contributed by atoms with Crippen molar-refractivity contribution >= 4 is 14.8 Å². The first-order valence-electron chi connectivity index (χ1n) is 4.42. The average Bonchev–Trinajstić information content (AvgIpc) is 2.04. The molecule has 0 aromatic rings. The summed E-state index contributed by atoms with van der Waals surface area (Å²) in [6.45, 7) is 5.72. The van der Waals surface area contributed by atoms with E-state index in [1.165, 1.54) is 14.0 Å². The molecular weight excluding hydrogens is 188 g/mol. The van der Waals surface area contributed by atoms with Gasteiger partial charge in [0.25, 0.3) is 5.97 Å². The van der Waals surface area contributed by atoms with E-state index in [1.807, 2.05) is 0 Å². The fourth-order valence-electron chi connectivity index (χ4n) is 0.793. The van der Waals surface area contributed by atoms with Crippen molar-refractivity contribution in [2.45, 2.75) is 33.2 Å². The predicted molar refractivity (Wildman–Crippen MR) is 51.3 cm³/mol. The minimum absolute atomic E-state index is 0.354. The van der Waals surface area contributed by atoms with Crippen LogP contribution in [-0.2, 0) is 18.1 Å². The zero-order valence-electron chi connectivity index (χ0n) is 8.75. The highest BCUT2D eigenvalue weighted by molar-refractivity contribution is 6.60. The van der Waals surface area contributed by atoms with E-state index < -0.39 is 8.80 Å². The molecule has 0 aromatic heterocycles. The van der Waals surface area contributed by atoms with Crippen LogP contribution in [0.1, 0.15) is 26.7 Å². The molecule has 0 saturated carbocycles. The summed E-state index contributed by atoms with van der Waals surface area (Å²) >= 11 is 0. The molecule has 0 rings (SSSR count). The highest BCUT2D eigenvalue weighted by Crippen LogP contribution is 2.09. The third kappa shape index (κ3) is 5.79.